The van der Waals surface area contributed by atoms with Crippen LogP contribution in [0.25, 0.3) is 5.70 Å². The highest BCUT2D eigenvalue weighted by atomic mass is 16.5. The fourth-order valence-corrected chi connectivity index (χ4v) is 0.618. The predicted molar refractivity (Wildman–Crippen MR) is 40.5 cm³/mol. The molecule has 1 aromatic rings. The summed E-state index contributed by atoms with van der Waals surface area (Å²) in [6.45, 7) is 4.13. The lowest BCUT2D eigenvalue weighted by Gasteiger charge is -2.03. The van der Waals surface area contributed by atoms with Crippen LogP contribution in [0, 0.1) is 0 Å². The minimum absolute atomic E-state index is 0.416. The third-order valence-corrected chi connectivity index (χ3v) is 1.17. The first-order chi connectivity index (χ1) is 5.34. The van der Waals surface area contributed by atoms with Crippen LogP contribution in [0.1, 0.15) is 5.76 Å². The number of aromatic nitrogens is 1. The van der Waals surface area contributed by atoms with Crippen molar-refractivity contribution in [2.75, 3.05) is 13.8 Å². The van der Waals surface area contributed by atoms with Crippen LogP contribution in [0.4, 0.5) is 0 Å². The maximum atomic E-state index is 4.82. The van der Waals surface area contributed by atoms with Crippen LogP contribution in [0.15, 0.2) is 23.4 Å². The molecule has 0 amide bonds. The predicted octanol–water partition coefficient (Wildman–Crippen LogP) is 0.839. The summed E-state index contributed by atoms with van der Waals surface area (Å²) in [7, 11) is 1.60. The van der Waals surface area contributed by atoms with Crippen molar-refractivity contribution in [1.29, 1.82) is 0 Å². The second kappa shape index (κ2) is 3.78. The molecular formula is C7H10N2O2. The molecule has 0 aliphatic carbocycles. The van der Waals surface area contributed by atoms with E-state index in [0.29, 0.717) is 18.2 Å². The molecule has 1 rings (SSSR count). The van der Waals surface area contributed by atoms with E-state index in [2.05, 4.69) is 17.1 Å². The Hall–Kier alpha value is -1.29. The molecule has 1 aromatic heterocycles. The summed E-state index contributed by atoms with van der Waals surface area (Å²) in [4.78, 5) is 0. The quantitative estimate of drug-likeness (QED) is 0.653. The fourth-order valence-electron chi connectivity index (χ4n) is 0.618. The smallest absolute Gasteiger partial charge is 0.182 e. The van der Waals surface area contributed by atoms with Crippen molar-refractivity contribution < 1.29 is 9.26 Å². The molecule has 0 atom stereocenters. The monoisotopic (exact) mass is 154 g/mol. The molecule has 0 spiro atoms. The summed E-state index contributed by atoms with van der Waals surface area (Å²) in [5.74, 6) is 0.627. The van der Waals surface area contributed by atoms with Crippen molar-refractivity contribution in [3.8, 4) is 0 Å². The van der Waals surface area contributed by atoms with Gasteiger partial charge in [-0.25, -0.2) is 0 Å². The molecule has 0 aromatic carbocycles. The summed E-state index contributed by atoms with van der Waals surface area (Å²) in [5, 5.41) is 6.42. The lowest BCUT2D eigenvalue weighted by molar-refractivity contribution is 0.189. The first kappa shape index (κ1) is 7.81. The number of ether oxygens (including phenoxy) is 1. The normalized spacial score (nSPS) is 9.55. The standard InChI is InChI=1S/C7H10N2O2/c1-6(8-5-10-2)7-3-4-9-11-7/h3-4,8H,1,5H2,2H3. The maximum absolute atomic E-state index is 4.82. The van der Waals surface area contributed by atoms with Gasteiger partial charge in [0.15, 0.2) is 5.76 Å². The SMILES string of the molecule is C=C(NCOC)c1ccno1. The van der Waals surface area contributed by atoms with Crippen molar-refractivity contribution >= 4 is 5.70 Å². The van der Waals surface area contributed by atoms with Crippen LogP contribution in [0.5, 0.6) is 0 Å². The van der Waals surface area contributed by atoms with Crippen molar-refractivity contribution in [2.24, 2.45) is 0 Å². The van der Waals surface area contributed by atoms with Crippen molar-refractivity contribution in [1.82, 2.24) is 10.5 Å². The van der Waals surface area contributed by atoms with E-state index in [0.717, 1.165) is 0 Å². The van der Waals surface area contributed by atoms with Gasteiger partial charge in [0.1, 0.15) is 6.73 Å². The topological polar surface area (TPSA) is 47.3 Å². The van der Waals surface area contributed by atoms with E-state index in [-0.39, 0.29) is 0 Å². The number of hydrogen-bond donors (Lipinski definition) is 1. The Labute approximate surface area is 64.8 Å². The maximum Gasteiger partial charge on any atom is 0.182 e. The van der Waals surface area contributed by atoms with Gasteiger partial charge < -0.3 is 14.6 Å². The lowest BCUT2D eigenvalue weighted by Crippen LogP contribution is -2.13. The van der Waals surface area contributed by atoms with Gasteiger partial charge in [-0.05, 0) is 0 Å². The minimum Gasteiger partial charge on any atom is -0.365 e. The Morgan fingerprint density at radius 3 is 3.27 bits per heavy atom. The van der Waals surface area contributed by atoms with E-state index in [1.807, 2.05) is 0 Å². The van der Waals surface area contributed by atoms with E-state index in [4.69, 9.17) is 9.26 Å². The van der Waals surface area contributed by atoms with Gasteiger partial charge in [0.2, 0.25) is 0 Å². The largest absolute Gasteiger partial charge is 0.365 e. The summed E-state index contributed by atoms with van der Waals surface area (Å²) in [5.41, 5.74) is 0.671. The molecule has 0 saturated carbocycles. The zero-order chi connectivity index (χ0) is 8.10. The van der Waals surface area contributed by atoms with E-state index in [1.165, 1.54) is 0 Å². The van der Waals surface area contributed by atoms with Crippen molar-refractivity contribution in [3.63, 3.8) is 0 Å². The molecule has 0 saturated heterocycles. The molecule has 0 aliphatic heterocycles. The molecule has 11 heavy (non-hydrogen) atoms. The molecule has 0 aliphatic rings. The van der Waals surface area contributed by atoms with E-state index in [9.17, 15) is 0 Å². The third-order valence-electron chi connectivity index (χ3n) is 1.17. The second-order valence-electron chi connectivity index (χ2n) is 1.97. The molecule has 4 nitrogen and oxygen atoms in total. The van der Waals surface area contributed by atoms with E-state index in [1.54, 1.807) is 19.4 Å². The molecular weight excluding hydrogens is 144 g/mol. The first-order valence-electron chi connectivity index (χ1n) is 3.17. The molecule has 4 heteroatoms. The average molecular weight is 154 g/mol. The molecule has 60 valence electrons. The Morgan fingerprint density at radius 2 is 2.73 bits per heavy atom. The van der Waals surface area contributed by atoms with Crippen LogP contribution < -0.4 is 5.32 Å². The Balaban J connectivity index is 2.43. The molecule has 0 fully saturated rings. The van der Waals surface area contributed by atoms with Gasteiger partial charge in [-0.3, -0.25) is 0 Å². The van der Waals surface area contributed by atoms with Crippen LogP contribution in [0.2, 0.25) is 0 Å². The van der Waals surface area contributed by atoms with Crippen molar-refractivity contribution in [3.05, 3.63) is 24.6 Å². The molecule has 0 unspecified atom stereocenters. The van der Waals surface area contributed by atoms with Gasteiger partial charge in [0, 0.05) is 13.2 Å². The highest BCUT2D eigenvalue weighted by Gasteiger charge is 1.99. The molecule has 1 N–H and O–H groups in total. The van der Waals surface area contributed by atoms with Crippen LogP contribution in [-0.4, -0.2) is 19.0 Å². The van der Waals surface area contributed by atoms with E-state index < -0.39 is 0 Å². The van der Waals surface area contributed by atoms with Gasteiger partial charge in [0.25, 0.3) is 0 Å². The Bertz CT molecular complexity index is 218. The first-order valence-corrected chi connectivity index (χ1v) is 3.17. The van der Waals surface area contributed by atoms with Crippen molar-refractivity contribution in [2.45, 2.75) is 0 Å². The lowest BCUT2D eigenvalue weighted by atomic mass is 10.4. The summed E-state index contributed by atoms with van der Waals surface area (Å²) in [6.07, 6.45) is 1.56. The van der Waals surface area contributed by atoms with Gasteiger partial charge in [-0.15, -0.1) is 0 Å². The van der Waals surface area contributed by atoms with Gasteiger partial charge in [-0.1, -0.05) is 11.7 Å². The average Bonchev–Trinajstić information content (AvgIpc) is 2.52. The van der Waals surface area contributed by atoms with Crippen LogP contribution in [0.3, 0.4) is 0 Å². The third kappa shape index (κ3) is 2.09. The Morgan fingerprint density at radius 1 is 1.91 bits per heavy atom. The molecule has 1 heterocycles. The number of methoxy groups -OCH3 is 1. The number of nitrogens with zero attached hydrogens (tertiary/aromatic N) is 1. The molecule has 0 bridgehead atoms. The van der Waals surface area contributed by atoms with Gasteiger partial charge in [-0.2, -0.15) is 0 Å². The summed E-state index contributed by atoms with van der Waals surface area (Å²) in [6, 6.07) is 1.73. The minimum atomic E-state index is 0.416. The zero-order valence-electron chi connectivity index (χ0n) is 6.33. The van der Waals surface area contributed by atoms with E-state index >= 15 is 0 Å². The highest BCUT2D eigenvalue weighted by Crippen LogP contribution is 2.05. The summed E-state index contributed by atoms with van der Waals surface area (Å²) < 4.78 is 9.60. The highest BCUT2D eigenvalue weighted by molar-refractivity contribution is 5.55. The van der Waals surface area contributed by atoms with Gasteiger partial charge >= 0.3 is 0 Å². The number of nitrogens with one attached hydrogen (secondary N) is 1. The number of rotatable bonds is 4. The zero-order valence-corrected chi connectivity index (χ0v) is 6.33. The van der Waals surface area contributed by atoms with Crippen LogP contribution in [-0.2, 0) is 4.74 Å². The Kier molecular flexibility index (Phi) is 2.68. The summed E-state index contributed by atoms with van der Waals surface area (Å²) >= 11 is 0. The van der Waals surface area contributed by atoms with Crippen LogP contribution >= 0.6 is 0 Å². The fraction of sp³-hybridized carbons (Fsp3) is 0.286. The van der Waals surface area contributed by atoms with Gasteiger partial charge in [0.05, 0.1) is 11.9 Å². The number of hydrogen-bond acceptors (Lipinski definition) is 4. The molecule has 0 radical (unpaired) electrons. The second-order valence-corrected chi connectivity index (χ2v) is 1.97.